The van der Waals surface area contributed by atoms with Crippen LogP contribution in [0.15, 0.2) is 24.3 Å². The highest BCUT2D eigenvalue weighted by molar-refractivity contribution is 5.75. The van der Waals surface area contributed by atoms with E-state index in [4.69, 9.17) is 0 Å². The zero-order chi connectivity index (χ0) is 20.3. The molecule has 0 aliphatic heterocycles. The zero-order valence-corrected chi connectivity index (χ0v) is 16.1. The Balaban J connectivity index is 2.14. The normalized spacial score (nSPS) is 15.7. The van der Waals surface area contributed by atoms with E-state index in [1.807, 2.05) is 13.0 Å². The van der Waals surface area contributed by atoms with Crippen molar-refractivity contribution < 1.29 is 18.4 Å². The fourth-order valence-corrected chi connectivity index (χ4v) is 3.54. The lowest BCUT2D eigenvalue weighted by atomic mass is 9.91. The summed E-state index contributed by atoms with van der Waals surface area (Å²) in [6, 6.07) is 5.94. The van der Waals surface area contributed by atoms with E-state index >= 15 is 0 Å². The van der Waals surface area contributed by atoms with Gasteiger partial charge < -0.3 is 10.1 Å². The standard InChI is InChI=1S/C22H24F2N2O2/c1-3-4-15(11-25-13-28)20-8-16(22(12-27)5-6-22)9-21(26-20)17-7-14(2)18(23)10-19(17)24/h7-10,12-13,15H,3-6,11H2,1-2H3,(H,25,28). The predicted octanol–water partition coefficient (Wildman–Crippen LogP) is 4.20. The van der Waals surface area contributed by atoms with Gasteiger partial charge in [0.2, 0.25) is 6.41 Å². The maximum absolute atomic E-state index is 14.5. The van der Waals surface area contributed by atoms with Crippen molar-refractivity contribution in [3.63, 3.8) is 0 Å². The Kier molecular flexibility index (Phi) is 5.87. The first-order valence-corrected chi connectivity index (χ1v) is 9.56. The largest absolute Gasteiger partial charge is 0.358 e. The second-order valence-corrected chi connectivity index (χ2v) is 7.53. The fraction of sp³-hybridized carbons (Fsp3) is 0.409. The molecule has 1 amide bonds. The molecule has 1 aliphatic rings. The molecule has 28 heavy (non-hydrogen) atoms. The lowest BCUT2D eigenvalue weighted by molar-refractivity contribution is -0.110. The lowest BCUT2D eigenvalue weighted by Crippen LogP contribution is -2.21. The molecule has 0 bridgehead atoms. The van der Waals surface area contributed by atoms with Crippen molar-refractivity contribution in [3.05, 3.63) is 52.7 Å². The number of nitrogens with zero attached hydrogens (tertiary/aromatic N) is 1. The van der Waals surface area contributed by atoms with E-state index in [-0.39, 0.29) is 11.5 Å². The van der Waals surface area contributed by atoms with E-state index in [1.165, 1.54) is 6.07 Å². The maximum atomic E-state index is 14.5. The summed E-state index contributed by atoms with van der Waals surface area (Å²) >= 11 is 0. The molecule has 1 saturated carbocycles. The van der Waals surface area contributed by atoms with Crippen LogP contribution in [0.1, 0.15) is 55.3 Å². The molecule has 1 N–H and O–H groups in total. The summed E-state index contributed by atoms with van der Waals surface area (Å²) in [5, 5.41) is 2.69. The number of aryl methyl sites for hydroxylation is 1. The van der Waals surface area contributed by atoms with Crippen LogP contribution in [-0.2, 0) is 15.0 Å². The number of hydrogen-bond acceptors (Lipinski definition) is 3. The summed E-state index contributed by atoms with van der Waals surface area (Å²) in [4.78, 5) is 27.1. The van der Waals surface area contributed by atoms with E-state index in [0.717, 1.165) is 43.6 Å². The third-order valence-electron chi connectivity index (χ3n) is 5.46. The Bertz CT molecular complexity index is 894. The van der Waals surface area contributed by atoms with E-state index in [2.05, 4.69) is 10.3 Å². The molecule has 0 radical (unpaired) electrons. The van der Waals surface area contributed by atoms with Gasteiger partial charge in [0.25, 0.3) is 0 Å². The number of aromatic nitrogens is 1. The number of aldehydes is 1. The summed E-state index contributed by atoms with van der Waals surface area (Å²) in [6.07, 6.45) is 4.75. The van der Waals surface area contributed by atoms with Crippen LogP contribution in [-0.4, -0.2) is 24.2 Å². The van der Waals surface area contributed by atoms with Crippen LogP contribution in [0.25, 0.3) is 11.3 Å². The molecule has 1 heterocycles. The Morgan fingerprint density at radius 3 is 2.54 bits per heavy atom. The van der Waals surface area contributed by atoms with Crippen molar-refractivity contribution in [1.29, 1.82) is 0 Å². The highest BCUT2D eigenvalue weighted by Crippen LogP contribution is 2.47. The molecule has 2 aromatic rings. The highest BCUT2D eigenvalue weighted by Gasteiger charge is 2.45. The van der Waals surface area contributed by atoms with Crippen LogP contribution < -0.4 is 5.32 Å². The number of carbonyl (C=O) groups is 2. The molecule has 1 unspecified atom stereocenters. The van der Waals surface area contributed by atoms with Crippen LogP contribution >= 0.6 is 0 Å². The summed E-state index contributed by atoms with van der Waals surface area (Å²) in [5.74, 6) is -1.35. The topological polar surface area (TPSA) is 59.1 Å². The molecular formula is C22H24F2N2O2. The van der Waals surface area contributed by atoms with Crippen molar-refractivity contribution in [2.75, 3.05) is 6.54 Å². The van der Waals surface area contributed by atoms with Crippen molar-refractivity contribution in [2.45, 2.75) is 50.9 Å². The molecule has 1 atom stereocenters. The first-order valence-electron chi connectivity index (χ1n) is 9.56. The van der Waals surface area contributed by atoms with Gasteiger partial charge in [-0.2, -0.15) is 0 Å². The van der Waals surface area contributed by atoms with E-state index in [0.29, 0.717) is 29.9 Å². The van der Waals surface area contributed by atoms with Gasteiger partial charge in [0, 0.05) is 29.8 Å². The average Bonchev–Trinajstić information content (AvgIpc) is 3.49. The molecule has 148 valence electrons. The summed E-state index contributed by atoms with van der Waals surface area (Å²) < 4.78 is 28.2. The van der Waals surface area contributed by atoms with Gasteiger partial charge in [0.15, 0.2) is 0 Å². The first-order chi connectivity index (χ1) is 13.4. The molecule has 1 aromatic heterocycles. The van der Waals surface area contributed by atoms with Crippen LogP contribution in [0, 0.1) is 18.6 Å². The number of benzene rings is 1. The van der Waals surface area contributed by atoms with Crippen molar-refractivity contribution in [2.24, 2.45) is 0 Å². The number of nitrogens with one attached hydrogen (secondary N) is 1. The first kappa shape index (κ1) is 20.1. The fourth-order valence-electron chi connectivity index (χ4n) is 3.54. The quantitative estimate of drug-likeness (QED) is 0.657. The molecule has 0 saturated heterocycles. The third-order valence-corrected chi connectivity index (χ3v) is 5.46. The smallest absolute Gasteiger partial charge is 0.207 e. The Morgan fingerprint density at radius 1 is 1.18 bits per heavy atom. The van der Waals surface area contributed by atoms with Gasteiger partial charge in [-0.05, 0) is 55.5 Å². The summed E-state index contributed by atoms with van der Waals surface area (Å²) in [6.45, 7) is 4.02. The minimum Gasteiger partial charge on any atom is -0.358 e. The number of halogens is 2. The Labute approximate surface area is 163 Å². The van der Waals surface area contributed by atoms with Gasteiger partial charge >= 0.3 is 0 Å². The van der Waals surface area contributed by atoms with Gasteiger partial charge in [0.05, 0.1) is 11.1 Å². The van der Waals surface area contributed by atoms with Crippen LogP contribution in [0.2, 0.25) is 0 Å². The molecule has 1 aromatic carbocycles. The predicted molar refractivity (Wildman–Crippen MR) is 103 cm³/mol. The second kappa shape index (κ2) is 8.17. The molecule has 1 fully saturated rings. The maximum Gasteiger partial charge on any atom is 0.207 e. The van der Waals surface area contributed by atoms with Gasteiger partial charge in [-0.1, -0.05) is 13.3 Å². The van der Waals surface area contributed by atoms with Crippen molar-refractivity contribution in [3.8, 4) is 11.3 Å². The SMILES string of the molecule is CCCC(CNC=O)c1cc(C2(C=O)CC2)cc(-c2cc(C)c(F)cc2F)n1. The van der Waals surface area contributed by atoms with E-state index in [9.17, 15) is 18.4 Å². The molecular weight excluding hydrogens is 362 g/mol. The highest BCUT2D eigenvalue weighted by atomic mass is 19.1. The van der Waals surface area contributed by atoms with E-state index in [1.54, 1.807) is 13.0 Å². The van der Waals surface area contributed by atoms with Gasteiger partial charge in [-0.3, -0.25) is 9.78 Å². The monoisotopic (exact) mass is 386 g/mol. The minimum atomic E-state index is -0.687. The Morgan fingerprint density at radius 2 is 1.93 bits per heavy atom. The van der Waals surface area contributed by atoms with Gasteiger partial charge in [-0.15, -0.1) is 0 Å². The van der Waals surface area contributed by atoms with Crippen LogP contribution in [0.4, 0.5) is 8.78 Å². The molecule has 0 spiro atoms. The Hall–Kier alpha value is -2.63. The van der Waals surface area contributed by atoms with Crippen LogP contribution in [0.3, 0.4) is 0 Å². The molecule has 4 nitrogen and oxygen atoms in total. The second-order valence-electron chi connectivity index (χ2n) is 7.53. The van der Waals surface area contributed by atoms with E-state index < -0.39 is 17.0 Å². The van der Waals surface area contributed by atoms with Gasteiger partial charge in [0.1, 0.15) is 17.9 Å². The lowest BCUT2D eigenvalue weighted by Gasteiger charge is -2.19. The van der Waals surface area contributed by atoms with Crippen molar-refractivity contribution >= 4 is 12.7 Å². The molecule has 3 rings (SSSR count). The number of hydrogen-bond donors (Lipinski definition) is 1. The minimum absolute atomic E-state index is 0.0547. The van der Waals surface area contributed by atoms with Crippen molar-refractivity contribution in [1.82, 2.24) is 10.3 Å². The number of carbonyl (C=O) groups excluding carboxylic acids is 2. The van der Waals surface area contributed by atoms with Crippen LogP contribution in [0.5, 0.6) is 0 Å². The average molecular weight is 386 g/mol. The summed E-state index contributed by atoms with van der Waals surface area (Å²) in [7, 11) is 0. The third kappa shape index (κ3) is 3.96. The molecule has 1 aliphatic carbocycles. The number of amides is 1. The number of rotatable bonds is 9. The number of pyridine rings is 1. The van der Waals surface area contributed by atoms with Gasteiger partial charge in [-0.25, -0.2) is 8.78 Å². The molecule has 6 heteroatoms. The zero-order valence-electron chi connectivity index (χ0n) is 16.1. The summed E-state index contributed by atoms with van der Waals surface area (Å²) in [5.41, 5.74) is 1.88.